The van der Waals surface area contributed by atoms with Crippen LogP contribution in [0.3, 0.4) is 0 Å². The van der Waals surface area contributed by atoms with Crippen molar-refractivity contribution in [1.29, 1.82) is 0 Å². The molecule has 2 aromatic rings. The van der Waals surface area contributed by atoms with Gasteiger partial charge in [-0.25, -0.2) is 21.2 Å². The lowest BCUT2D eigenvalue weighted by atomic mass is 10.2. The molecule has 0 aromatic heterocycles. The Morgan fingerprint density at radius 3 is 2.19 bits per heavy atom. The Bertz CT molecular complexity index is 1050. The maximum Gasteiger partial charge on any atom is 0.243 e. The summed E-state index contributed by atoms with van der Waals surface area (Å²) in [5, 5.41) is -0.334. The van der Waals surface area contributed by atoms with E-state index in [1.165, 1.54) is 22.5 Å². The second-order valence-electron chi connectivity index (χ2n) is 6.47. The maximum absolute atomic E-state index is 13.0. The lowest BCUT2D eigenvalue weighted by Crippen LogP contribution is -2.42. The third-order valence-corrected chi connectivity index (χ3v) is 9.55. The molecule has 0 atom stereocenters. The molecule has 1 heterocycles. The van der Waals surface area contributed by atoms with Gasteiger partial charge in [0.05, 0.1) is 15.0 Å². The summed E-state index contributed by atoms with van der Waals surface area (Å²) in [4.78, 5) is 0.186. The second kappa shape index (κ2) is 7.50. The number of hydrogen-bond acceptors (Lipinski definition) is 4. The van der Waals surface area contributed by atoms with E-state index in [9.17, 15) is 21.2 Å². The molecule has 0 bridgehead atoms. The predicted molar refractivity (Wildman–Crippen MR) is 102 cm³/mol. The zero-order valence-corrected chi connectivity index (χ0v) is 17.0. The summed E-state index contributed by atoms with van der Waals surface area (Å²) in [7, 11) is -7.39. The van der Waals surface area contributed by atoms with E-state index in [2.05, 4.69) is 0 Å². The Kier molecular flexibility index (Phi) is 5.63. The summed E-state index contributed by atoms with van der Waals surface area (Å²) in [5.41, 5.74) is 0.472. The lowest BCUT2D eigenvalue weighted by molar-refractivity contribution is 0.345. The van der Waals surface area contributed by atoms with Crippen molar-refractivity contribution in [1.82, 2.24) is 4.31 Å². The van der Waals surface area contributed by atoms with Gasteiger partial charge in [0.2, 0.25) is 10.0 Å². The number of piperidine rings is 1. The van der Waals surface area contributed by atoms with Crippen molar-refractivity contribution in [3.05, 3.63) is 58.9 Å². The first-order valence-electron chi connectivity index (χ1n) is 8.39. The number of rotatable bonds is 4. The number of sulfonamides is 1. The molecule has 5 nitrogen and oxygen atoms in total. The van der Waals surface area contributed by atoms with E-state index >= 15 is 0 Å². The van der Waals surface area contributed by atoms with E-state index < -0.39 is 30.9 Å². The maximum atomic E-state index is 13.0. The van der Waals surface area contributed by atoms with Gasteiger partial charge in [-0.05, 0) is 61.7 Å². The van der Waals surface area contributed by atoms with Crippen LogP contribution in [0.2, 0.25) is 5.02 Å². The molecule has 146 valence electrons. The highest BCUT2D eigenvalue weighted by atomic mass is 35.5. The minimum Gasteiger partial charge on any atom is -0.223 e. The number of benzene rings is 2. The molecule has 1 fully saturated rings. The molecule has 0 N–H and O–H groups in total. The minimum absolute atomic E-state index is 0.0518. The molecular weight excluding hydrogens is 413 g/mol. The highest BCUT2D eigenvalue weighted by Gasteiger charge is 2.36. The summed E-state index contributed by atoms with van der Waals surface area (Å²) < 4.78 is 65.6. The van der Waals surface area contributed by atoms with E-state index in [1.54, 1.807) is 19.1 Å². The van der Waals surface area contributed by atoms with Crippen LogP contribution in [0.1, 0.15) is 18.4 Å². The largest absolute Gasteiger partial charge is 0.243 e. The van der Waals surface area contributed by atoms with Crippen LogP contribution < -0.4 is 0 Å². The molecule has 0 aliphatic carbocycles. The normalized spacial score (nSPS) is 17.1. The number of sulfone groups is 1. The average Bonchev–Trinajstić information content (AvgIpc) is 2.64. The van der Waals surface area contributed by atoms with Crippen LogP contribution in [0.5, 0.6) is 0 Å². The van der Waals surface area contributed by atoms with Gasteiger partial charge in [-0.1, -0.05) is 17.7 Å². The van der Waals surface area contributed by atoms with Crippen molar-refractivity contribution in [2.24, 2.45) is 0 Å². The molecular formula is C18H19ClFNO4S2. The minimum atomic E-state index is -3.75. The first-order chi connectivity index (χ1) is 12.6. The molecule has 0 spiro atoms. The van der Waals surface area contributed by atoms with Gasteiger partial charge < -0.3 is 0 Å². The zero-order chi connectivity index (χ0) is 19.8. The van der Waals surface area contributed by atoms with Crippen LogP contribution in [0.4, 0.5) is 4.39 Å². The van der Waals surface area contributed by atoms with E-state index in [0.717, 1.165) is 12.1 Å². The fourth-order valence-corrected chi connectivity index (χ4v) is 6.89. The summed E-state index contributed by atoms with van der Waals surface area (Å²) in [5.74, 6) is -0.508. The van der Waals surface area contributed by atoms with Gasteiger partial charge in [0.15, 0.2) is 9.84 Å². The molecule has 0 radical (unpaired) electrons. The number of nitrogens with zero attached hydrogens (tertiary/aromatic N) is 1. The van der Waals surface area contributed by atoms with Crippen LogP contribution in [0, 0.1) is 12.7 Å². The SMILES string of the molecule is Cc1c(Cl)cccc1S(=O)(=O)N1CCC(S(=O)(=O)c2ccc(F)cc2)CC1. The van der Waals surface area contributed by atoms with Crippen LogP contribution in [-0.4, -0.2) is 39.5 Å². The van der Waals surface area contributed by atoms with Gasteiger partial charge in [-0.15, -0.1) is 0 Å². The first-order valence-corrected chi connectivity index (χ1v) is 11.7. The van der Waals surface area contributed by atoms with Crippen LogP contribution in [0.25, 0.3) is 0 Å². The van der Waals surface area contributed by atoms with E-state index in [-0.39, 0.29) is 35.7 Å². The molecule has 3 rings (SSSR count). The predicted octanol–water partition coefficient (Wildman–Crippen LogP) is 3.41. The highest BCUT2D eigenvalue weighted by Crippen LogP contribution is 2.30. The molecule has 0 amide bonds. The molecule has 9 heteroatoms. The number of halogens is 2. The van der Waals surface area contributed by atoms with Crippen molar-refractivity contribution in [3.8, 4) is 0 Å². The fraction of sp³-hybridized carbons (Fsp3) is 0.333. The van der Waals surface area contributed by atoms with Gasteiger partial charge in [0.25, 0.3) is 0 Å². The van der Waals surface area contributed by atoms with Crippen molar-refractivity contribution < 1.29 is 21.2 Å². The first kappa shape index (κ1) is 20.3. The Morgan fingerprint density at radius 2 is 1.59 bits per heavy atom. The number of hydrogen-bond donors (Lipinski definition) is 0. The molecule has 0 unspecified atom stereocenters. The van der Waals surface area contributed by atoms with Gasteiger partial charge in [0.1, 0.15) is 5.82 Å². The average molecular weight is 432 g/mol. The Labute approximate surface area is 163 Å². The zero-order valence-electron chi connectivity index (χ0n) is 14.6. The van der Waals surface area contributed by atoms with E-state index in [1.807, 2.05) is 0 Å². The van der Waals surface area contributed by atoms with Crippen LogP contribution in [-0.2, 0) is 19.9 Å². The summed E-state index contributed by atoms with van der Waals surface area (Å²) in [6.45, 7) is 1.83. The van der Waals surface area contributed by atoms with Crippen LogP contribution >= 0.6 is 11.6 Å². The quantitative estimate of drug-likeness (QED) is 0.695. The standard InChI is InChI=1S/C18H19ClFNO4S2/c1-13-17(19)3-2-4-18(13)27(24,25)21-11-9-16(10-12-21)26(22,23)15-7-5-14(20)6-8-15/h2-8,16H,9-12H2,1H3. The topological polar surface area (TPSA) is 71.5 Å². The lowest BCUT2D eigenvalue weighted by Gasteiger charge is -2.31. The Morgan fingerprint density at radius 1 is 1.00 bits per heavy atom. The molecule has 0 saturated carbocycles. The molecule has 2 aromatic carbocycles. The van der Waals surface area contributed by atoms with Gasteiger partial charge >= 0.3 is 0 Å². The summed E-state index contributed by atoms with van der Waals surface area (Å²) in [6, 6.07) is 9.39. The van der Waals surface area contributed by atoms with Gasteiger partial charge in [-0.2, -0.15) is 4.31 Å². The van der Waals surface area contributed by atoms with E-state index in [0.29, 0.717) is 10.6 Å². The van der Waals surface area contributed by atoms with Gasteiger partial charge in [0, 0.05) is 18.1 Å². The molecule has 27 heavy (non-hydrogen) atoms. The smallest absolute Gasteiger partial charge is 0.223 e. The van der Waals surface area contributed by atoms with Crippen molar-refractivity contribution >= 4 is 31.5 Å². The molecule has 1 aliphatic heterocycles. The second-order valence-corrected chi connectivity index (χ2v) is 11.0. The fourth-order valence-electron chi connectivity index (χ4n) is 3.21. The summed E-state index contributed by atoms with van der Waals surface area (Å²) >= 11 is 6.03. The monoisotopic (exact) mass is 431 g/mol. The molecule has 1 saturated heterocycles. The van der Waals surface area contributed by atoms with Crippen LogP contribution in [0.15, 0.2) is 52.3 Å². The summed E-state index contributed by atoms with van der Waals surface area (Å²) in [6.07, 6.45) is 0.358. The van der Waals surface area contributed by atoms with E-state index in [4.69, 9.17) is 11.6 Å². The van der Waals surface area contributed by atoms with Crippen molar-refractivity contribution in [2.45, 2.75) is 34.8 Å². The Balaban J connectivity index is 1.79. The van der Waals surface area contributed by atoms with Crippen molar-refractivity contribution in [3.63, 3.8) is 0 Å². The Hall–Kier alpha value is -1.48. The van der Waals surface area contributed by atoms with Crippen molar-refractivity contribution in [2.75, 3.05) is 13.1 Å². The highest BCUT2D eigenvalue weighted by molar-refractivity contribution is 7.92. The third kappa shape index (κ3) is 3.89. The molecule has 1 aliphatic rings. The third-order valence-electron chi connectivity index (χ3n) is 4.82. The van der Waals surface area contributed by atoms with Gasteiger partial charge in [-0.3, -0.25) is 0 Å².